The van der Waals surface area contributed by atoms with Crippen molar-refractivity contribution in [1.82, 2.24) is 4.90 Å². The zero-order chi connectivity index (χ0) is 15.0. The van der Waals surface area contributed by atoms with Crippen LogP contribution in [-0.4, -0.2) is 68.1 Å². The smallest absolute Gasteiger partial charge is 0.303 e. The summed E-state index contributed by atoms with van der Waals surface area (Å²) in [5.74, 6) is -1.79. The molecular weight excluding hydrogens is 286 g/mol. The van der Waals surface area contributed by atoms with Crippen molar-refractivity contribution in [2.75, 3.05) is 37.8 Å². The molecule has 1 heterocycles. The summed E-state index contributed by atoms with van der Waals surface area (Å²) in [4.78, 5) is 23.6. The lowest BCUT2D eigenvalue weighted by atomic mass is 10.2. The van der Waals surface area contributed by atoms with Crippen molar-refractivity contribution in [2.24, 2.45) is 0 Å². The van der Waals surface area contributed by atoms with Gasteiger partial charge in [-0.1, -0.05) is 6.42 Å². The van der Waals surface area contributed by atoms with E-state index in [1.165, 1.54) is 4.90 Å². The maximum Gasteiger partial charge on any atom is 0.303 e. The van der Waals surface area contributed by atoms with Crippen molar-refractivity contribution in [3.63, 3.8) is 0 Å². The van der Waals surface area contributed by atoms with Gasteiger partial charge in [0, 0.05) is 19.5 Å². The lowest BCUT2D eigenvalue weighted by Crippen LogP contribution is -2.43. The molecule has 8 heteroatoms. The number of carbonyl (C=O) groups excluding carboxylic acids is 1. The number of morpholine rings is 1. The summed E-state index contributed by atoms with van der Waals surface area (Å²) in [7, 11) is -3.41. The quantitative estimate of drug-likeness (QED) is 0.629. The van der Waals surface area contributed by atoms with Gasteiger partial charge in [0.05, 0.1) is 19.0 Å². The molecule has 0 spiro atoms. The van der Waals surface area contributed by atoms with Gasteiger partial charge < -0.3 is 14.7 Å². The first-order valence-electron chi connectivity index (χ1n) is 6.68. The molecule has 1 aliphatic heterocycles. The van der Waals surface area contributed by atoms with E-state index in [9.17, 15) is 18.0 Å². The molecule has 0 bridgehead atoms. The van der Waals surface area contributed by atoms with Gasteiger partial charge in [-0.3, -0.25) is 9.59 Å². The lowest BCUT2D eigenvalue weighted by molar-refractivity contribution is -0.137. The first-order chi connectivity index (χ1) is 9.41. The largest absolute Gasteiger partial charge is 0.481 e. The van der Waals surface area contributed by atoms with Crippen LogP contribution in [-0.2, 0) is 24.2 Å². The van der Waals surface area contributed by atoms with Crippen LogP contribution in [0.1, 0.15) is 25.7 Å². The second kappa shape index (κ2) is 8.21. The van der Waals surface area contributed by atoms with Crippen molar-refractivity contribution in [3.8, 4) is 0 Å². The molecule has 1 amide bonds. The van der Waals surface area contributed by atoms with Crippen LogP contribution in [0.5, 0.6) is 0 Å². The van der Waals surface area contributed by atoms with Crippen molar-refractivity contribution in [3.05, 3.63) is 0 Å². The van der Waals surface area contributed by atoms with Crippen LogP contribution >= 0.6 is 0 Å². The third-order valence-corrected chi connectivity index (χ3v) is 4.65. The average molecular weight is 307 g/mol. The Kier molecular flexibility index (Phi) is 6.94. The van der Waals surface area contributed by atoms with Gasteiger partial charge in [0.15, 0.2) is 9.84 Å². The second-order valence-corrected chi connectivity index (χ2v) is 6.97. The number of carbonyl (C=O) groups is 2. The van der Waals surface area contributed by atoms with Gasteiger partial charge in [0.2, 0.25) is 5.91 Å². The third-order valence-electron chi connectivity index (χ3n) is 3.05. The minimum absolute atomic E-state index is 0.0484. The fourth-order valence-electron chi connectivity index (χ4n) is 1.94. The first-order valence-corrected chi connectivity index (χ1v) is 8.50. The number of carboxylic acid groups (broad SMARTS) is 1. The SMILES string of the molecule is O=C(O)CCCCCS(=O)(=O)CC(=O)N1CCOCC1. The Bertz CT molecular complexity index is 427. The van der Waals surface area contributed by atoms with Crippen LogP contribution in [0.25, 0.3) is 0 Å². The standard InChI is InChI=1S/C12H21NO6S/c14-11(13-5-7-19-8-6-13)10-20(17,18)9-3-1-2-4-12(15)16/h1-10H2,(H,15,16). The summed E-state index contributed by atoms with van der Waals surface area (Å²) in [5, 5.41) is 8.46. The Balaban J connectivity index is 2.26. The predicted octanol–water partition coefficient (Wildman–Crippen LogP) is -0.0950. The average Bonchev–Trinajstić information content (AvgIpc) is 2.38. The highest BCUT2D eigenvalue weighted by Crippen LogP contribution is 2.05. The molecule has 116 valence electrons. The van der Waals surface area contributed by atoms with Gasteiger partial charge in [0.1, 0.15) is 5.75 Å². The molecule has 0 saturated carbocycles. The van der Waals surface area contributed by atoms with Gasteiger partial charge in [0.25, 0.3) is 0 Å². The van der Waals surface area contributed by atoms with Crippen LogP contribution in [0.2, 0.25) is 0 Å². The number of ether oxygens (including phenoxy) is 1. The zero-order valence-corrected chi connectivity index (χ0v) is 12.2. The van der Waals surface area contributed by atoms with Gasteiger partial charge >= 0.3 is 5.97 Å². The zero-order valence-electron chi connectivity index (χ0n) is 11.4. The Morgan fingerprint density at radius 2 is 1.75 bits per heavy atom. The van der Waals surface area contributed by atoms with Crippen LogP contribution in [0.4, 0.5) is 0 Å². The minimum Gasteiger partial charge on any atom is -0.481 e. The molecule has 1 fully saturated rings. The van der Waals surface area contributed by atoms with Crippen molar-refractivity contribution < 1.29 is 27.9 Å². The molecule has 0 atom stereocenters. The molecule has 1 saturated heterocycles. The van der Waals surface area contributed by atoms with E-state index in [1.54, 1.807) is 0 Å². The van der Waals surface area contributed by atoms with E-state index in [-0.39, 0.29) is 18.1 Å². The van der Waals surface area contributed by atoms with E-state index in [2.05, 4.69) is 0 Å². The fourth-order valence-corrected chi connectivity index (χ4v) is 3.29. The molecule has 0 aromatic heterocycles. The monoisotopic (exact) mass is 307 g/mol. The van der Waals surface area contributed by atoms with E-state index >= 15 is 0 Å². The molecule has 1 rings (SSSR count). The molecule has 0 aromatic carbocycles. The van der Waals surface area contributed by atoms with Crippen LogP contribution in [0.3, 0.4) is 0 Å². The number of hydrogen-bond acceptors (Lipinski definition) is 5. The molecular formula is C12H21NO6S. The Labute approximate surface area is 118 Å². The number of aliphatic carboxylic acids is 1. The molecule has 0 radical (unpaired) electrons. The highest BCUT2D eigenvalue weighted by Gasteiger charge is 2.22. The highest BCUT2D eigenvalue weighted by atomic mass is 32.2. The summed E-state index contributed by atoms with van der Waals surface area (Å²) in [6.45, 7) is 1.77. The highest BCUT2D eigenvalue weighted by molar-refractivity contribution is 7.92. The number of amides is 1. The molecule has 1 aliphatic rings. The van der Waals surface area contributed by atoms with Crippen LogP contribution < -0.4 is 0 Å². The predicted molar refractivity (Wildman–Crippen MR) is 72.2 cm³/mol. The van der Waals surface area contributed by atoms with E-state index in [1.807, 2.05) is 0 Å². The molecule has 0 aromatic rings. The molecule has 0 aliphatic carbocycles. The number of unbranched alkanes of at least 4 members (excludes halogenated alkanes) is 2. The summed E-state index contributed by atoms with van der Waals surface area (Å²) >= 11 is 0. The number of nitrogens with zero attached hydrogens (tertiary/aromatic N) is 1. The maximum atomic E-state index is 11.8. The summed E-state index contributed by atoms with van der Waals surface area (Å²) in [5.41, 5.74) is 0. The normalized spacial score (nSPS) is 16.1. The third kappa shape index (κ3) is 6.85. The molecule has 7 nitrogen and oxygen atoms in total. The number of sulfone groups is 1. The number of hydrogen-bond donors (Lipinski definition) is 1. The summed E-state index contributed by atoms with van der Waals surface area (Å²) in [6, 6.07) is 0. The van der Waals surface area contributed by atoms with Crippen LogP contribution in [0.15, 0.2) is 0 Å². The molecule has 1 N–H and O–H groups in total. The topological polar surface area (TPSA) is 101 Å². The number of carboxylic acids is 1. The van der Waals surface area contributed by atoms with Gasteiger partial charge in [-0.15, -0.1) is 0 Å². The maximum absolute atomic E-state index is 11.8. The fraction of sp³-hybridized carbons (Fsp3) is 0.833. The Morgan fingerprint density at radius 3 is 2.35 bits per heavy atom. The first kappa shape index (κ1) is 16.9. The van der Waals surface area contributed by atoms with E-state index in [0.29, 0.717) is 45.6 Å². The Morgan fingerprint density at radius 1 is 1.10 bits per heavy atom. The van der Waals surface area contributed by atoms with Crippen molar-refractivity contribution >= 4 is 21.7 Å². The molecule has 20 heavy (non-hydrogen) atoms. The Hall–Kier alpha value is -1.15. The van der Waals surface area contributed by atoms with E-state index in [0.717, 1.165) is 0 Å². The van der Waals surface area contributed by atoms with Crippen molar-refractivity contribution in [2.45, 2.75) is 25.7 Å². The van der Waals surface area contributed by atoms with Crippen molar-refractivity contribution in [1.29, 1.82) is 0 Å². The van der Waals surface area contributed by atoms with Crippen LogP contribution in [0, 0.1) is 0 Å². The number of rotatable bonds is 8. The van der Waals surface area contributed by atoms with E-state index < -0.39 is 21.6 Å². The summed E-state index contributed by atoms with van der Waals surface area (Å²) < 4.78 is 28.7. The second-order valence-electron chi connectivity index (χ2n) is 4.79. The van der Waals surface area contributed by atoms with Gasteiger partial charge in [-0.25, -0.2) is 8.42 Å². The molecule has 0 unspecified atom stereocenters. The van der Waals surface area contributed by atoms with Gasteiger partial charge in [-0.2, -0.15) is 0 Å². The summed E-state index contributed by atoms with van der Waals surface area (Å²) in [6.07, 6.45) is 1.44. The van der Waals surface area contributed by atoms with Gasteiger partial charge in [-0.05, 0) is 12.8 Å². The minimum atomic E-state index is -3.41. The lowest BCUT2D eigenvalue weighted by Gasteiger charge is -2.26. The van der Waals surface area contributed by atoms with E-state index in [4.69, 9.17) is 9.84 Å².